The lowest BCUT2D eigenvalue weighted by Crippen LogP contribution is -2.46. The molecule has 1 aliphatic heterocycles. The maximum atomic E-state index is 12.0. The first-order valence-corrected chi connectivity index (χ1v) is 7.48. The first-order chi connectivity index (χ1) is 9.99. The Morgan fingerprint density at radius 2 is 1.71 bits per heavy atom. The number of likely N-dealkylation sites (tertiary alicyclic amines) is 1. The van der Waals surface area contributed by atoms with Crippen molar-refractivity contribution in [2.24, 2.45) is 5.92 Å². The van der Waals surface area contributed by atoms with Crippen LogP contribution in [-0.2, 0) is 14.4 Å². The molecule has 0 saturated carbocycles. The van der Waals surface area contributed by atoms with E-state index in [9.17, 15) is 14.4 Å². The number of aliphatic carboxylic acids is 1. The zero-order valence-corrected chi connectivity index (χ0v) is 12.8. The first kappa shape index (κ1) is 17.4. The van der Waals surface area contributed by atoms with E-state index in [0.717, 1.165) is 0 Å². The molecule has 1 saturated heterocycles. The summed E-state index contributed by atoms with van der Waals surface area (Å²) in [6.07, 6.45) is 0.999. The molecular weight excluding hydrogens is 274 g/mol. The van der Waals surface area contributed by atoms with Gasteiger partial charge in [-0.15, -0.1) is 0 Å². The van der Waals surface area contributed by atoms with Crippen LogP contribution in [0.1, 0.15) is 26.7 Å². The minimum absolute atomic E-state index is 0.0163. The van der Waals surface area contributed by atoms with E-state index in [1.54, 1.807) is 9.80 Å². The van der Waals surface area contributed by atoms with Gasteiger partial charge in [0.15, 0.2) is 0 Å². The van der Waals surface area contributed by atoms with Gasteiger partial charge in [-0.1, -0.05) is 0 Å². The molecule has 21 heavy (non-hydrogen) atoms. The number of carbonyl (C=O) groups excluding carboxylic acids is 2. The number of carboxylic acids is 1. The van der Waals surface area contributed by atoms with Crippen molar-refractivity contribution in [2.45, 2.75) is 26.7 Å². The van der Waals surface area contributed by atoms with Crippen LogP contribution in [0.3, 0.4) is 0 Å². The third-order valence-corrected chi connectivity index (χ3v) is 3.87. The second kappa shape index (κ2) is 8.61. The van der Waals surface area contributed by atoms with Gasteiger partial charge in [-0.05, 0) is 26.7 Å². The van der Waals surface area contributed by atoms with Crippen LogP contribution in [0.15, 0.2) is 0 Å². The predicted molar refractivity (Wildman–Crippen MR) is 77.7 cm³/mol. The zero-order chi connectivity index (χ0) is 15.8. The summed E-state index contributed by atoms with van der Waals surface area (Å²) >= 11 is 0. The molecule has 7 nitrogen and oxygen atoms in total. The smallest absolute Gasteiger partial charge is 0.306 e. The van der Waals surface area contributed by atoms with E-state index in [-0.39, 0.29) is 30.8 Å². The Hall–Kier alpha value is -1.63. The van der Waals surface area contributed by atoms with Crippen LogP contribution in [-0.4, -0.2) is 72.0 Å². The normalized spacial score (nSPS) is 15.8. The minimum Gasteiger partial charge on any atom is -0.481 e. The van der Waals surface area contributed by atoms with E-state index in [0.29, 0.717) is 39.0 Å². The van der Waals surface area contributed by atoms with Gasteiger partial charge < -0.3 is 14.9 Å². The van der Waals surface area contributed by atoms with Crippen LogP contribution in [0.2, 0.25) is 0 Å². The van der Waals surface area contributed by atoms with Crippen molar-refractivity contribution < 1.29 is 19.5 Å². The van der Waals surface area contributed by atoms with Gasteiger partial charge in [0.2, 0.25) is 11.8 Å². The van der Waals surface area contributed by atoms with Crippen molar-refractivity contribution in [3.8, 4) is 0 Å². The Morgan fingerprint density at radius 1 is 1.14 bits per heavy atom. The Balaban J connectivity index is 2.26. The molecule has 0 radical (unpaired) electrons. The number of nitrogens with zero attached hydrogens (tertiary/aromatic N) is 2. The molecular formula is C14H25N3O4. The number of piperidine rings is 1. The van der Waals surface area contributed by atoms with E-state index < -0.39 is 5.97 Å². The fraction of sp³-hybridized carbons (Fsp3) is 0.786. The molecule has 120 valence electrons. The van der Waals surface area contributed by atoms with Crippen molar-refractivity contribution in [1.29, 1.82) is 0 Å². The highest BCUT2D eigenvalue weighted by molar-refractivity contribution is 5.81. The number of carbonyl (C=O) groups is 3. The van der Waals surface area contributed by atoms with E-state index in [1.165, 1.54) is 0 Å². The third-order valence-electron chi connectivity index (χ3n) is 3.87. The molecule has 7 heteroatoms. The van der Waals surface area contributed by atoms with E-state index in [2.05, 4.69) is 5.32 Å². The van der Waals surface area contributed by atoms with Crippen LogP contribution >= 0.6 is 0 Å². The van der Waals surface area contributed by atoms with Gasteiger partial charge in [-0.25, -0.2) is 0 Å². The topological polar surface area (TPSA) is 90.0 Å². The van der Waals surface area contributed by atoms with Crippen molar-refractivity contribution in [2.75, 3.05) is 39.3 Å². The summed E-state index contributed by atoms with van der Waals surface area (Å²) in [6, 6.07) is 0. The summed E-state index contributed by atoms with van der Waals surface area (Å²) in [6.45, 7) is 6.37. The number of likely N-dealkylation sites (N-methyl/N-ethyl adjacent to an activating group) is 1. The van der Waals surface area contributed by atoms with E-state index in [4.69, 9.17) is 5.11 Å². The fourth-order valence-electron chi connectivity index (χ4n) is 2.45. The largest absolute Gasteiger partial charge is 0.481 e. The van der Waals surface area contributed by atoms with Crippen molar-refractivity contribution in [3.05, 3.63) is 0 Å². The van der Waals surface area contributed by atoms with Gasteiger partial charge in [-0.3, -0.25) is 19.7 Å². The van der Waals surface area contributed by atoms with Gasteiger partial charge in [0.1, 0.15) is 0 Å². The summed E-state index contributed by atoms with van der Waals surface area (Å²) < 4.78 is 0. The predicted octanol–water partition coefficient (Wildman–Crippen LogP) is -0.232. The molecule has 0 bridgehead atoms. The molecule has 2 N–H and O–H groups in total. The number of carboxylic acid groups (broad SMARTS) is 1. The quantitative estimate of drug-likeness (QED) is 0.677. The molecule has 0 aliphatic carbocycles. The van der Waals surface area contributed by atoms with E-state index in [1.807, 2.05) is 13.8 Å². The molecule has 1 rings (SSSR count). The number of amides is 2. The highest BCUT2D eigenvalue weighted by Crippen LogP contribution is 2.16. The van der Waals surface area contributed by atoms with Crippen LogP contribution in [0.5, 0.6) is 0 Å². The second-order valence-corrected chi connectivity index (χ2v) is 5.16. The van der Waals surface area contributed by atoms with Crippen LogP contribution in [0, 0.1) is 5.92 Å². The Kier molecular flexibility index (Phi) is 7.14. The monoisotopic (exact) mass is 299 g/mol. The summed E-state index contributed by atoms with van der Waals surface area (Å²) in [5.74, 6) is -1.22. The fourth-order valence-corrected chi connectivity index (χ4v) is 2.45. The molecule has 0 atom stereocenters. The first-order valence-electron chi connectivity index (χ1n) is 7.48. The van der Waals surface area contributed by atoms with E-state index >= 15 is 0 Å². The maximum absolute atomic E-state index is 12.0. The molecule has 0 unspecified atom stereocenters. The highest BCUT2D eigenvalue weighted by atomic mass is 16.4. The molecule has 1 fully saturated rings. The minimum atomic E-state index is -0.787. The summed E-state index contributed by atoms with van der Waals surface area (Å²) in [7, 11) is 0. The number of hydrogen-bond acceptors (Lipinski definition) is 4. The Morgan fingerprint density at radius 3 is 2.19 bits per heavy atom. The van der Waals surface area contributed by atoms with Crippen molar-refractivity contribution in [3.63, 3.8) is 0 Å². The molecule has 0 aromatic rings. The SMILES string of the molecule is CCN(CC)C(=O)CNCC(=O)N1CCC(C(=O)O)CC1. The highest BCUT2D eigenvalue weighted by Gasteiger charge is 2.26. The van der Waals surface area contributed by atoms with Gasteiger partial charge in [0.25, 0.3) is 0 Å². The van der Waals surface area contributed by atoms with Crippen molar-refractivity contribution >= 4 is 17.8 Å². The third kappa shape index (κ3) is 5.34. The lowest BCUT2D eigenvalue weighted by atomic mass is 9.97. The number of nitrogens with one attached hydrogen (secondary N) is 1. The maximum Gasteiger partial charge on any atom is 0.306 e. The average Bonchev–Trinajstić information content (AvgIpc) is 2.48. The van der Waals surface area contributed by atoms with Crippen LogP contribution < -0.4 is 5.32 Å². The van der Waals surface area contributed by atoms with Gasteiger partial charge in [0, 0.05) is 26.2 Å². The number of rotatable bonds is 7. The average molecular weight is 299 g/mol. The molecule has 1 aliphatic rings. The van der Waals surface area contributed by atoms with Crippen LogP contribution in [0.4, 0.5) is 0 Å². The van der Waals surface area contributed by atoms with Gasteiger partial charge in [-0.2, -0.15) is 0 Å². The molecule has 0 aromatic carbocycles. The zero-order valence-electron chi connectivity index (χ0n) is 12.8. The van der Waals surface area contributed by atoms with Gasteiger partial charge in [0.05, 0.1) is 19.0 Å². The lowest BCUT2D eigenvalue weighted by Gasteiger charge is -2.30. The van der Waals surface area contributed by atoms with Crippen molar-refractivity contribution in [1.82, 2.24) is 15.1 Å². The molecule has 1 heterocycles. The standard InChI is InChI=1S/C14H25N3O4/c1-3-16(4-2)12(18)9-15-10-13(19)17-7-5-11(6-8-17)14(20)21/h11,15H,3-10H2,1-2H3,(H,20,21). The Labute approximate surface area is 125 Å². The van der Waals surface area contributed by atoms with Crippen LogP contribution in [0.25, 0.3) is 0 Å². The van der Waals surface area contributed by atoms with Gasteiger partial charge >= 0.3 is 5.97 Å². The second-order valence-electron chi connectivity index (χ2n) is 5.16. The molecule has 0 spiro atoms. The molecule has 2 amide bonds. The molecule has 0 aromatic heterocycles. The summed E-state index contributed by atoms with van der Waals surface area (Å²) in [5, 5.41) is 11.8. The number of hydrogen-bond donors (Lipinski definition) is 2. The Bertz CT molecular complexity index is 374. The lowest BCUT2D eigenvalue weighted by molar-refractivity contribution is -0.145. The summed E-state index contributed by atoms with van der Waals surface area (Å²) in [4.78, 5) is 37.9. The summed E-state index contributed by atoms with van der Waals surface area (Å²) in [5.41, 5.74) is 0.